The Kier molecular flexibility index (Phi) is 4.09. The number of halogens is 1. The highest BCUT2D eigenvalue weighted by molar-refractivity contribution is 6.30. The van der Waals surface area contributed by atoms with Crippen LogP contribution in [0.15, 0.2) is 59.7 Å². The van der Waals surface area contributed by atoms with Crippen molar-refractivity contribution in [2.24, 2.45) is 7.05 Å². The van der Waals surface area contributed by atoms with E-state index < -0.39 is 0 Å². The standard InChI is InChI=1S/C23H20ClN3O/c1-26-21-5-3-2-4-18(21)19-8-7-17(13-22(19)26)27-11-10-15(12-23(27)28)20-9-6-16(24)14-25-20/h6-14H,2-5H2,1H3. The number of rotatable bonds is 2. The third-order valence-electron chi connectivity index (χ3n) is 5.73. The summed E-state index contributed by atoms with van der Waals surface area (Å²) in [7, 11) is 2.13. The third-order valence-corrected chi connectivity index (χ3v) is 5.96. The molecule has 3 heterocycles. The maximum absolute atomic E-state index is 12.8. The summed E-state index contributed by atoms with van der Waals surface area (Å²) in [6.45, 7) is 0. The molecule has 5 rings (SSSR count). The van der Waals surface area contributed by atoms with E-state index in [2.05, 4.69) is 28.7 Å². The summed E-state index contributed by atoms with van der Waals surface area (Å²) >= 11 is 5.90. The van der Waals surface area contributed by atoms with E-state index in [0.29, 0.717) is 5.02 Å². The fraction of sp³-hybridized carbons (Fsp3) is 0.217. The van der Waals surface area contributed by atoms with Crippen molar-refractivity contribution >= 4 is 22.5 Å². The van der Waals surface area contributed by atoms with Gasteiger partial charge in [-0.1, -0.05) is 17.7 Å². The molecule has 0 N–H and O–H groups in total. The van der Waals surface area contributed by atoms with E-state index in [1.54, 1.807) is 22.9 Å². The zero-order chi connectivity index (χ0) is 19.3. The molecule has 0 fully saturated rings. The van der Waals surface area contributed by atoms with E-state index in [9.17, 15) is 4.79 Å². The van der Waals surface area contributed by atoms with Crippen molar-refractivity contribution in [3.05, 3.63) is 81.5 Å². The molecule has 0 bridgehead atoms. The predicted octanol–water partition coefficient (Wildman–Crippen LogP) is 4.92. The summed E-state index contributed by atoms with van der Waals surface area (Å²) in [6.07, 6.45) is 8.20. The molecule has 0 saturated carbocycles. The van der Waals surface area contributed by atoms with Gasteiger partial charge in [-0.25, -0.2) is 0 Å². The molecule has 0 aliphatic heterocycles. The Morgan fingerprint density at radius 1 is 1.04 bits per heavy atom. The maximum Gasteiger partial charge on any atom is 0.255 e. The van der Waals surface area contributed by atoms with E-state index >= 15 is 0 Å². The third kappa shape index (κ3) is 2.76. The van der Waals surface area contributed by atoms with Crippen molar-refractivity contribution in [2.75, 3.05) is 0 Å². The Bertz CT molecular complexity index is 1250. The molecule has 0 saturated heterocycles. The quantitative estimate of drug-likeness (QED) is 0.488. The van der Waals surface area contributed by atoms with Gasteiger partial charge >= 0.3 is 0 Å². The summed E-state index contributed by atoms with van der Waals surface area (Å²) < 4.78 is 3.98. The lowest BCUT2D eigenvalue weighted by Gasteiger charge is -2.12. The van der Waals surface area contributed by atoms with Gasteiger partial charge in [0.2, 0.25) is 0 Å². The molecule has 0 unspecified atom stereocenters. The SMILES string of the molecule is Cn1c2c(c3ccc(-n4ccc(-c5ccc(Cl)cn5)cc4=O)cc31)CCCC2. The molecule has 4 nitrogen and oxygen atoms in total. The van der Waals surface area contributed by atoms with Gasteiger partial charge in [-0.3, -0.25) is 14.3 Å². The minimum atomic E-state index is -0.0763. The van der Waals surface area contributed by atoms with E-state index in [0.717, 1.165) is 29.8 Å². The lowest BCUT2D eigenvalue weighted by atomic mass is 9.95. The van der Waals surface area contributed by atoms with Crippen LogP contribution in [0.3, 0.4) is 0 Å². The first kappa shape index (κ1) is 17.3. The van der Waals surface area contributed by atoms with Crippen LogP contribution in [0.1, 0.15) is 24.1 Å². The van der Waals surface area contributed by atoms with Crippen LogP contribution >= 0.6 is 11.6 Å². The molecule has 5 heteroatoms. The van der Waals surface area contributed by atoms with E-state index in [1.807, 2.05) is 24.4 Å². The van der Waals surface area contributed by atoms with Gasteiger partial charge in [0.05, 0.1) is 21.9 Å². The van der Waals surface area contributed by atoms with Crippen LogP contribution in [0.5, 0.6) is 0 Å². The minimum absolute atomic E-state index is 0.0763. The van der Waals surface area contributed by atoms with Gasteiger partial charge in [0.15, 0.2) is 0 Å². The van der Waals surface area contributed by atoms with Crippen molar-refractivity contribution in [3.8, 4) is 16.9 Å². The normalized spacial score (nSPS) is 13.6. The second-order valence-corrected chi connectivity index (χ2v) is 7.81. The van der Waals surface area contributed by atoms with Gasteiger partial charge < -0.3 is 4.57 Å². The Hall–Kier alpha value is -2.85. The number of aromatic nitrogens is 3. The predicted molar refractivity (Wildman–Crippen MR) is 113 cm³/mol. The highest BCUT2D eigenvalue weighted by Crippen LogP contribution is 2.32. The van der Waals surface area contributed by atoms with Crippen molar-refractivity contribution in [1.29, 1.82) is 0 Å². The molecular formula is C23H20ClN3O. The summed E-state index contributed by atoms with van der Waals surface area (Å²) in [5, 5.41) is 1.90. The molecule has 0 radical (unpaired) electrons. The smallest absolute Gasteiger partial charge is 0.255 e. The molecule has 1 aliphatic rings. The summed E-state index contributed by atoms with van der Waals surface area (Å²) in [5.74, 6) is 0. The van der Waals surface area contributed by atoms with Gasteiger partial charge in [-0.2, -0.15) is 0 Å². The van der Waals surface area contributed by atoms with E-state index in [4.69, 9.17) is 11.6 Å². The Balaban J connectivity index is 1.59. The number of hydrogen-bond donors (Lipinski definition) is 0. The average Bonchev–Trinajstić information content (AvgIpc) is 3.01. The van der Waals surface area contributed by atoms with Crippen LogP contribution in [0, 0.1) is 0 Å². The monoisotopic (exact) mass is 389 g/mol. The lowest BCUT2D eigenvalue weighted by molar-refractivity contribution is 0.653. The van der Waals surface area contributed by atoms with Gasteiger partial charge in [0.25, 0.3) is 5.56 Å². The van der Waals surface area contributed by atoms with E-state index in [-0.39, 0.29) is 5.56 Å². The van der Waals surface area contributed by atoms with Crippen LogP contribution in [0.2, 0.25) is 5.02 Å². The maximum atomic E-state index is 12.8. The minimum Gasteiger partial charge on any atom is -0.347 e. The Morgan fingerprint density at radius 2 is 1.89 bits per heavy atom. The highest BCUT2D eigenvalue weighted by Gasteiger charge is 2.18. The van der Waals surface area contributed by atoms with Crippen LogP contribution in [0.25, 0.3) is 27.8 Å². The second-order valence-electron chi connectivity index (χ2n) is 7.38. The first-order chi connectivity index (χ1) is 13.6. The van der Waals surface area contributed by atoms with Crippen molar-refractivity contribution in [2.45, 2.75) is 25.7 Å². The molecule has 0 atom stereocenters. The largest absolute Gasteiger partial charge is 0.347 e. The summed E-state index contributed by atoms with van der Waals surface area (Å²) in [6, 6.07) is 13.5. The number of pyridine rings is 2. The molecule has 1 aromatic carbocycles. The Labute approximate surface area is 168 Å². The van der Waals surface area contributed by atoms with E-state index in [1.165, 1.54) is 35.0 Å². The molecule has 3 aromatic heterocycles. The van der Waals surface area contributed by atoms with Crippen LogP contribution < -0.4 is 5.56 Å². The van der Waals surface area contributed by atoms with Gasteiger partial charge in [0.1, 0.15) is 0 Å². The zero-order valence-corrected chi connectivity index (χ0v) is 16.4. The molecule has 140 valence electrons. The second kappa shape index (κ2) is 6.64. The first-order valence-electron chi connectivity index (χ1n) is 9.57. The van der Waals surface area contributed by atoms with Crippen LogP contribution in [-0.4, -0.2) is 14.1 Å². The van der Waals surface area contributed by atoms with Gasteiger partial charge in [-0.15, -0.1) is 0 Å². The van der Waals surface area contributed by atoms with Gasteiger partial charge in [0, 0.05) is 42.2 Å². The molecular weight excluding hydrogens is 370 g/mol. The fourth-order valence-corrected chi connectivity index (χ4v) is 4.41. The molecule has 0 spiro atoms. The summed E-state index contributed by atoms with van der Waals surface area (Å²) in [5.41, 5.74) is 6.44. The van der Waals surface area contributed by atoms with Crippen LogP contribution in [-0.2, 0) is 19.9 Å². The fourth-order valence-electron chi connectivity index (χ4n) is 4.30. The average molecular weight is 390 g/mol. The zero-order valence-electron chi connectivity index (χ0n) is 15.7. The summed E-state index contributed by atoms with van der Waals surface area (Å²) in [4.78, 5) is 17.1. The molecule has 28 heavy (non-hydrogen) atoms. The van der Waals surface area contributed by atoms with Crippen LogP contribution in [0.4, 0.5) is 0 Å². The lowest BCUT2D eigenvalue weighted by Crippen LogP contribution is -2.16. The van der Waals surface area contributed by atoms with Crippen molar-refractivity contribution < 1.29 is 0 Å². The van der Waals surface area contributed by atoms with Crippen molar-refractivity contribution in [3.63, 3.8) is 0 Å². The highest BCUT2D eigenvalue weighted by atomic mass is 35.5. The van der Waals surface area contributed by atoms with Gasteiger partial charge in [-0.05, 0) is 61.6 Å². The van der Waals surface area contributed by atoms with Crippen molar-refractivity contribution in [1.82, 2.24) is 14.1 Å². The molecule has 1 aliphatic carbocycles. The Morgan fingerprint density at radius 3 is 2.68 bits per heavy atom. The number of aryl methyl sites for hydroxylation is 2. The first-order valence-corrected chi connectivity index (χ1v) is 9.95. The molecule has 0 amide bonds. The molecule has 4 aromatic rings. The number of benzene rings is 1. The number of hydrogen-bond acceptors (Lipinski definition) is 2. The number of nitrogens with zero attached hydrogens (tertiary/aromatic N) is 3. The number of fused-ring (bicyclic) bond motifs is 3. The topological polar surface area (TPSA) is 39.8 Å².